The Morgan fingerprint density at radius 3 is 2.75 bits per heavy atom. The minimum Gasteiger partial charge on any atom is -0.544 e. The summed E-state index contributed by atoms with van der Waals surface area (Å²) in [6.45, 7) is 0.130. The number of aliphatic carboxylic acids is 1. The second-order valence-corrected chi connectivity index (χ2v) is 2.15. The van der Waals surface area contributed by atoms with Crippen molar-refractivity contribution in [3.05, 3.63) is 0 Å². The molecule has 0 aliphatic heterocycles. The van der Waals surface area contributed by atoms with Crippen LogP contribution in [0.3, 0.4) is 0 Å². The Morgan fingerprint density at radius 1 is 1.75 bits per heavy atom. The third-order valence-corrected chi connectivity index (χ3v) is 1.24. The predicted molar refractivity (Wildman–Crippen MR) is 24.8 cm³/mol. The van der Waals surface area contributed by atoms with Gasteiger partial charge in [0, 0.05) is 12.8 Å². The molecule has 0 aromatic carbocycles. The molecule has 1 aliphatic rings. The number of carboxylic acid groups (broad SMARTS) is 1. The summed E-state index contributed by atoms with van der Waals surface area (Å²) >= 11 is 0. The summed E-state index contributed by atoms with van der Waals surface area (Å²) in [6, 6.07) is 0.591. The van der Waals surface area contributed by atoms with E-state index in [1.165, 1.54) is 12.8 Å². The monoisotopic (exact) mass is 115 g/mol. The highest BCUT2D eigenvalue weighted by molar-refractivity contribution is 5.64. The summed E-state index contributed by atoms with van der Waals surface area (Å²) in [5.41, 5.74) is 0. The average Bonchev–Trinajstić information content (AvgIpc) is 2.41. The highest BCUT2D eigenvalue weighted by Crippen LogP contribution is 2.12. The van der Waals surface area contributed by atoms with Crippen molar-refractivity contribution in [1.29, 1.82) is 0 Å². The third kappa shape index (κ3) is 1.93. The molecule has 3 heteroatoms. The lowest BCUT2D eigenvalue weighted by molar-refractivity contribution is -0.663. The maximum atomic E-state index is 9.79. The Hall–Kier alpha value is -0.570. The lowest BCUT2D eigenvalue weighted by Crippen LogP contribution is -2.88. The molecule has 0 aromatic rings. The predicted octanol–water partition coefficient (Wildman–Crippen LogP) is -2.54. The Morgan fingerprint density at radius 2 is 2.38 bits per heavy atom. The van der Waals surface area contributed by atoms with Gasteiger partial charge in [-0.2, -0.15) is 0 Å². The van der Waals surface area contributed by atoms with E-state index in [0.29, 0.717) is 6.04 Å². The van der Waals surface area contributed by atoms with Gasteiger partial charge in [0.2, 0.25) is 0 Å². The second kappa shape index (κ2) is 2.13. The molecule has 1 rings (SSSR count). The van der Waals surface area contributed by atoms with Gasteiger partial charge in [-0.1, -0.05) is 0 Å². The molecule has 1 saturated carbocycles. The maximum Gasteiger partial charge on any atom is 0.116 e. The van der Waals surface area contributed by atoms with E-state index in [1.54, 1.807) is 0 Å². The molecule has 0 bridgehead atoms. The van der Waals surface area contributed by atoms with E-state index >= 15 is 0 Å². The van der Waals surface area contributed by atoms with Crippen molar-refractivity contribution in [2.75, 3.05) is 6.54 Å². The molecule has 3 nitrogen and oxygen atoms in total. The van der Waals surface area contributed by atoms with E-state index in [1.807, 2.05) is 5.32 Å². The first-order valence-electron chi connectivity index (χ1n) is 2.82. The van der Waals surface area contributed by atoms with Crippen molar-refractivity contribution in [2.24, 2.45) is 0 Å². The number of carbonyl (C=O) groups is 1. The fourth-order valence-electron chi connectivity index (χ4n) is 0.595. The fourth-order valence-corrected chi connectivity index (χ4v) is 0.595. The van der Waals surface area contributed by atoms with Gasteiger partial charge in [-0.25, -0.2) is 0 Å². The summed E-state index contributed by atoms with van der Waals surface area (Å²) in [6.07, 6.45) is 2.35. The maximum absolute atomic E-state index is 9.79. The molecule has 0 aromatic heterocycles. The second-order valence-electron chi connectivity index (χ2n) is 2.15. The topological polar surface area (TPSA) is 56.7 Å². The SMILES string of the molecule is O=C([O-])C[NH2+]C1CC1. The van der Waals surface area contributed by atoms with Gasteiger partial charge < -0.3 is 15.2 Å². The normalized spacial score (nSPS) is 18.5. The molecule has 46 valence electrons. The number of hydrogen-bond donors (Lipinski definition) is 1. The van der Waals surface area contributed by atoms with Gasteiger partial charge in [0.25, 0.3) is 0 Å². The zero-order chi connectivity index (χ0) is 5.98. The van der Waals surface area contributed by atoms with Crippen molar-refractivity contribution in [2.45, 2.75) is 18.9 Å². The Balaban J connectivity index is 1.95. The van der Waals surface area contributed by atoms with Crippen LogP contribution >= 0.6 is 0 Å². The van der Waals surface area contributed by atoms with Crippen molar-refractivity contribution < 1.29 is 15.2 Å². The van der Waals surface area contributed by atoms with E-state index in [0.717, 1.165) is 0 Å². The van der Waals surface area contributed by atoms with Crippen LogP contribution in [0.25, 0.3) is 0 Å². The van der Waals surface area contributed by atoms with Crippen LogP contribution in [-0.2, 0) is 4.79 Å². The van der Waals surface area contributed by atoms with Crippen LogP contribution in [0.1, 0.15) is 12.8 Å². The van der Waals surface area contributed by atoms with Crippen molar-refractivity contribution in [3.8, 4) is 0 Å². The third-order valence-electron chi connectivity index (χ3n) is 1.24. The van der Waals surface area contributed by atoms with Crippen molar-refractivity contribution in [1.82, 2.24) is 0 Å². The van der Waals surface area contributed by atoms with Gasteiger partial charge in [0.05, 0.1) is 12.0 Å². The first kappa shape index (κ1) is 5.56. The number of hydrogen-bond acceptors (Lipinski definition) is 2. The van der Waals surface area contributed by atoms with Crippen molar-refractivity contribution >= 4 is 5.97 Å². The van der Waals surface area contributed by atoms with E-state index in [-0.39, 0.29) is 6.54 Å². The number of rotatable bonds is 3. The van der Waals surface area contributed by atoms with Gasteiger partial charge in [-0.05, 0) is 0 Å². The van der Waals surface area contributed by atoms with Crippen LogP contribution in [-0.4, -0.2) is 18.6 Å². The van der Waals surface area contributed by atoms with E-state index in [4.69, 9.17) is 0 Å². The Kier molecular flexibility index (Phi) is 1.48. The molecule has 2 N–H and O–H groups in total. The molecule has 0 unspecified atom stereocenters. The number of nitrogens with two attached hydrogens (primary N) is 1. The number of quaternary nitrogens is 1. The first-order valence-corrected chi connectivity index (χ1v) is 2.82. The summed E-state index contributed by atoms with van der Waals surface area (Å²) in [5.74, 6) is -0.961. The molecule has 1 fully saturated rings. The van der Waals surface area contributed by atoms with Gasteiger partial charge in [0.15, 0.2) is 0 Å². The van der Waals surface area contributed by atoms with Crippen LogP contribution in [0.15, 0.2) is 0 Å². The fraction of sp³-hybridized carbons (Fsp3) is 0.800. The van der Waals surface area contributed by atoms with Gasteiger partial charge in [-0.3, -0.25) is 0 Å². The molecular formula is C5H9NO2. The molecule has 1 aliphatic carbocycles. The lowest BCUT2D eigenvalue weighted by atomic mass is 10.6. The summed E-state index contributed by atoms with van der Waals surface area (Å²) < 4.78 is 0. The van der Waals surface area contributed by atoms with E-state index in [9.17, 15) is 9.90 Å². The summed E-state index contributed by atoms with van der Waals surface area (Å²) in [5, 5.41) is 11.6. The van der Waals surface area contributed by atoms with Gasteiger partial charge in [0.1, 0.15) is 6.54 Å². The van der Waals surface area contributed by atoms with Crippen LogP contribution in [0.4, 0.5) is 0 Å². The van der Waals surface area contributed by atoms with Crippen molar-refractivity contribution in [3.63, 3.8) is 0 Å². The zero-order valence-electron chi connectivity index (χ0n) is 4.59. The lowest BCUT2D eigenvalue weighted by Gasteiger charge is -1.97. The van der Waals surface area contributed by atoms with E-state index < -0.39 is 5.97 Å². The number of carbonyl (C=O) groups excluding carboxylic acids is 1. The molecular weight excluding hydrogens is 106 g/mol. The molecule has 8 heavy (non-hydrogen) atoms. The molecule has 0 spiro atoms. The summed E-state index contributed by atoms with van der Waals surface area (Å²) in [4.78, 5) is 9.79. The van der Waals surface area contributed by atoms with Gasteiger partial charge in [-0.15, -0.1) is 0 Å². The van der Waals surface area contributed by atoms with Crippen LogP contribution in [0.2, 0.25) is 0 Å². The first-order chi connectivity index (χ1) is 3.79. The smallest absolute Gasteiger partial charge is 0.116 e. The van der Waals surface area contributed by atoms with Crippen LogP contribution < -0.4 is 10.4 Å². The quantitative estimate of drug-likeness (QED) is 0.440. The molecule has 0 atom stereocenters. The van der Waals surface area contributed by atoms with Gasteiger partial charge >= 0.3 is 0 Å². The average molecular weight is 115 g/mol. The zero-order valence-corrected chi connectivity index (χ0v) is 4.59. The largest absolute Gasteiger partial charge is 0.544 e. The Bertz CT molecular complexity index is 98.6. The van der Waals surface area contributed by atoms with E-state index in [2.05, 4.69) is 0 Å². The summed E-state index contributed by atoms with van der Waals surface area (Å²) in [7, 11) is 0. The number of carboxylic acids is 1. The molecule has 0 radical (unpaired) electrons. The van der Waals surface area contributed by atoms with Crippen LogP contribution in [0, 0.1) is 0 Å². The highest BCUT2D eigenvalue weighted by atomic mass is 16.4. The minimum absolute atomic E-state index is 0.130. The Labute approximate surface area is 47.7 Å². The molecule has 0 amide bonds. The standard InChI is InChI=1S/C5H9NO2/c7-5(8)3-6-4-1-2-4/h4,6H,1-3H2,(H,7,8). The highest BCUT2D eigenvalue weighted by Gasteiger charge is 2.24. The molecule has 0 saturated heterocycles. The minimum atomic E-state index is -0.961. The molecule has 0 heterocycles. The van der Waals surface area contributed by atoms with Crippen LogP contribution in [0.5, 0.6) is 0 Å².